The van der Waals surface area contributed by atoms with Crippen LogP contribution in [0.4, 0.5) is 4.39 Å². The van der Waals surface area contributed by atoms with Crippen molar-refractivity contribution in [1.82, 2.24) is 9.78 Å². The minimum Gasteiger partial charge on any atom is -0.384 e. The fourth-order valence-corrected chi connectivity index (χ4v) is 1.75. The van der Waals surface area contributed by atoms with Gasteiger partial charge in [-0.2, -0.15) is 5.10 Å². The highest BCUT2D eigenvalue weighted by atomic mass is 19.1. The summed E-state index contributed by atoms with van der Waals surface area (Å²) in [6.45, 7) is 5.71. The van der Waals surface area contributed by atoms with Gasteiger partial charge in [0.1, 0.15) is 11.9 Å². The van der Waals surface area contributed by atoms with E-state index in [4.69, 9.17) is 0 Å². The van der Waals surface area contributed by atoms with E-state index < -0.39 is 6.10 Å². The number of hydrogen-bond acceptors (Lipinski definition) is 2. The van der Waals surface area contributed by atoms with E-state index in [1.54, 1.807) is 36.1 Å². The summed E-state index contributed by atoms with van der Waals surface area (Å²) in [6.07, 6.45) is 2.56. The SMILES string of the molecule is Cc1ccc(C(O)c2cnn(C(C)C)c2)cc1F. The van der Waals surface area contributed by atoms with Gasteiger partial charge in [-0.1, -0.05) is 12.1 Å². The first-order chi connectivity index (χ1) is 8.49. The Kier molecular flexibility index (Phi) is 3.48. The van der Waals surface area contributed by atoms with Gasteiger partial charge in [0.2, 0.25) is 0 Å². The molecule has 0 amide bonds. The van der Waals surface area contributed by atoms with Crippen LogP contribution in [0.1, 0.15) is 42.7 Å². The summed E-state index contributed by atoms with van der Waals surface area (Å²) < 4.78 is 15.2. The predicted molar refractivity (Wildman–Crippen MR) is 67.8 cm³/mol. The third kappa shape index (κ3) is 2.43. The van der Waals surface area contributed by atoms with Gasteiger partial charge in [0.15, 0.2) is 0 Å². The van der Waals surface area contributed by atoms with E-state index in [2.05, 4.69) is 5.10 Å². The van der Waals surface area contributed by atoms with E-state index in [9.17, 15) is 9.50 Å². The Morgan fingerprint density at radius 1 is 1.28 bits per heavy atom. The van der Waals surface area contributed by atoms with E-state index in [1.807, 2.05) is 13.8 Å². The van der Waals surface area contributed by atoms with Gasteiger partial charge in [-0.05, 0) is 38.0 Å². The summed E-state index contributed by atoms with van der Waals surface area (Å²) in [7, 11) is 0. The van der Waals surface area contributed by atoms with E-state index in [-0.39, 0.29) is 11.9 Å². The fourth-order valence-electron chi connectivity index (χ4n) is 1.75. The monoisotopic (exact) mass is 248 g/mol. The maximum absolute atomic E-state index is 13.5. The molecule has 0 aliphatic heterocycles. The molecule has 0 bridgehead atoms. The quantitative estimate of drug-likeness (QED) is 0.906. The maximum Gasteiger partial charge on any atom is 0.126 e. The lowest BCUT2D eigenvalue weighted by Gasteiger charge is -2.10. The minimum atomic E-state index is -0.840. The van der Waals surface area contributed by atoms with Crippen molar-refractivity contribution in [2.24, 2.45) is 0 Å². The number of nitrogens with zero attached hydrogens (tertiary/aromatic N) is 2. The number of rotatable bonds is 3. The largest absolute Gasteiger partial charge is 0.384 e. The molecule has 4 heteroatoms. The maximum atomic E-state index is 13.5. The molecule has 96 valence electrons. The Morgan fingerprint density at radius 3 is 2.56 bits per heavy atom. The van der Waals surface area contributed by atoms with Crippen LogP contribution in [-0.2, 0) is 0 Å². The van der Waals surface area contributed by atoms with Crippen LogP contribution in [0.25, 0.3) is 0 Å². The zero-order chi connectivity index (χ0) is 13.3. The normalized spacial score (nSPS) is 13.0. The van der Waals surface area contributed by atoms with Gasteiger partial charge in [0.05, 0.1) is 6.20 Å². The number of aliphatic hydroxyl groups excluding tert-OH is 1. The van der Waals surface area contributed by atoms with Crippen LogP contribution in [0.5, 0.6) is 0 Å². The molecule has 2 aromatic rings. The standard InChI is InChI=1S/C14H17FN2O/c1-9(2)17-8-12(7-16-17)14(18)11-5-4-10(3)13(15)6-11/h4-9,14,18H,1-3H3. The smallest absolute Gasteiger partial charge is 0.126 e. The van der Waals surface area contributed by atoms with Crippen LogP contribution in [0.2, 0.25) is 0 Å². The molecule has 0 aliphatic carbocycles. The van der Waals surface area contributed by atoms with Gasteiger partial charge in [-0.3, -0.25) is 4.68 Å². The van der Waals surface area contributed by atoms with Crippen LogP contribution in [0.15, 0.2) is 30.6 Å². The second-order valence-electron chi connectivity index (χ2n) is 4.76. The van der Waals surface area contributed by atoms with Gasteiger partial charge >= 0.3 is 0 Å². The van der Waals surface area contributed by atoms with Crippen molar-refractivity contribution in [3.05, 3.63) is 53.1 Å². The molecule has 1 aromatic carbocycles. The molecule has 0 fully saturated rings. The van der Waals surface area contributed by atoms with Gasteiger partial charge in [0, 0.05) is 17.8 Å². The number of aliphatic hydroxyl groups is 1. The number of hydrogen-bond donors (Lipinski definition) is 1. The topological polar surface area (TPSA) is 38.1 Å². The molecule has 0 radical (unpaired) electrons. The van der Waals surface area contributed by atoms with Crippen LogP contribution in [0.3, 0.4) is 0 Å². The average Bonchev–Trinajstić information content (AvgIpc) is 2.81. The molecule has 0 saturated carbocycles. The summed E-state index contributed by atoms with van der Waals surface area (Å²) in [5.41, 5.74) is 1.79. The molecular weight excluding hydrogens is 231 g/mol. The second kappa shape index (κ2) is 4.90. The van der Waals surface area contributed by atoms with Gasteiger partial charge < -0.3 is 5.11 Å². The van der Waals surface area contributed by atoms with Crippen molar-refractivity contribution >= 4 is 0 Å². The van der Waals surface area contributed by atoms with E-state index >= 15 is 0 Å². The molecule has 1 unspecified atom stereocenters. The highest BCUT2D eigenvalue weighted by Gasteiger charge is 2.14. The van der Waals surface area contributed by atoms with E-state index in [0.29, 0.717) is 16.7 Å². The highest BCUT2D eigenvalue weighted by Crippen LogP contribution is 2.23. The Hall–Kier alpha value is -1.68. The molecule has 18 heavy (non-hydrogen) atoms. The predicted octanol–water partition coefficient (Wildman–Crippen LogP) is 2.99. The fraction of sp³-hybridized carbons (Fsp3) is 0.357. The van der Waals surface area contributed by atoms with Crippen molar-refractivity contribution in [3.8, 4) is 0 Å². The number of halogens is 1. The summed E-state index contributed by atoms with van der Waals surface area (Å²) >= 11 is 0. The summed E-state index contributed by atoms with van der Waals surface area (Å²) in [6, 6.07) is 5.00. The van der Waals surface area contributed by atoms with Crippen molar-refractivity contribution in [3.63, 3.8) is 0 Å². The number of aromatic nitrogens is 2. The van der Waals surface area contributed by atoms with E-state index in [1.165, 1.54) is 6.07 Å². The molecule has 1 heterocycles. The molecule has 1 N–H and O–H groups in total. The summed E-state index contributed by atoms with van der Waals surface area (Å²) in [4.78, 5) is 0. The first-order valence-electron chi connectivity index (χ1n) is 5.97. The van der Waals surface area contributed by atoms with Crippen molar-refractivity contribution in [2.75, 3.05) is 0 Å². The zero-order valence-corrected chi connectivity index (χ0v) is 10.8. The lowest BCUT2D eigenvalue weighted by molar-refractivity contribution is 0.219. The van der Waals surface area contributed by atoms with Crippen LogP contribution >= 0.6 is 0 Å². The molecule has 2 rings (SSSR count). The van der Waals surface area contributed by atoms with Crippen molar-refractivity contribution in [1.29, 1.82) is 0 Å². The average molecular weight is 248 g/mol. The molecule has 1 aromatic heterocycles. The molecule has 0 saturated heterocycles. The molecule has 3 nitrogen and oxygen atoms in total. The number of benzene rings is 1. The first-order valence-corrected chi connectivity index (χ1v) is 5.97. The third-order valence-corrected chi connectivity index (χ3v) is 2.98. The van der Waals surface area contributed by atoms with Gasteiger partial charge in [0.25, 0.3) is 0 Å². The Bertz CT molecular complexity index is 548. The van der Waals surface area contributed by atoms with Crippen LogP contribution in [-0.4, -0.2) is 14.9 Å². The molecular formula is C14H17FN2O. The second-order valence-corrected chi connectivity index (χ2v) is 4.76. The Morgan fingerprint density at radius 2 is 2.00 bits per heavy atom. The third-order valence-electron chi connectivity index (χ3n) is 2.98. The highest BCUT2D eigenvalue weighted by molar-refractivity contribution is 5.30. The number of aryl methyl sites for hydroxylation is 1. The van der Waals surface area contributed by atoms with Crippen molar-refractivity contribution in [2.45, 2.75) is 32.9 Å². The van der Waals surface area contributed by atoms with Crippen LogP contribution < -0.4 is 0 Å². The van der Waals surface area contributed by atoms with Gasteiger partial charge in [-0.15, -0.1) is 0 Å². The summed E-state index contributed by atoms with van der Waals surface area (Å²) in [5, 5.41) is 14.3. The van der Waals surface area contributed by atoms with Crippen molar-refractivity contribution < 1.29 is 9.50 Å². The van der Waals surface area contributed by atoms with Gasteiger partial charge in [-0.25, -0.2) is 4.39 Å². The minimum absolute atomic E-state index is 0.237. The summed E-state index contributed by atoms with van der Waals surface area (Å²) in [5.74, 6) is -0.303. The van der Waals surface area contributed by atoms with E-state index in [0.717, 1.165) is 0 Å². The molecule has 0 aliphatic rings. The molecule has 1 atom stereocenters. The Balaban J connectivity index is 2.29. The zero-order valence-electron chi connectivity index (χ0n) is 10.8. The lowest BCUT2D eigenvalue weighted by atomic mass is 10.0. The first kappa shape index (κ1) is 12.8. The van der Waals surface area contributed by atoms with Crippen LogP contribution in [0, 0.1) is 12.7 Å². The molecule has 0 spiro atoms. The Labute approximate surface area is 106 Å². The lowest BCUT2D eigenvalue weighted by Crippen LogP contribution is -2.02.